The number of nitrogens with one attached hydrogen (secondary N) is 1. The molecule has 4 aromatic rings. The lowest BCUT2D eigenvalue weighted by Gasteiger charge is -2.07. The zero-order valence-corrected chi connectivity index (χ0v) is 17.1. The van der Waals surface area contributed by atoms with E-state index in [4.69, 9.17) is 16.3 Å². The van der Waals surface area contributed by atoms with Gasteiger partial charge in [0, 0.05) is 10.4 Å². The quantitative estimate of drug-likeness (QED) is 0.269. The van der Waals surface area contributed by atoms with E-state index in [1.54, 1.807) is 17.6 Å². The van der Waals surface area contributed by atoms with Crippen LogP contribution in [0.4, 0.5) is 5.13 Å². The van der Waals surface area contributed by atoms with E-state index in [1.165, 1.54) is 11.3 Å². The van der Waals surface area contributed by atoms with Crippen LogP contribution in [0, 0.1) is 0 Å². The maximum absolute atomic E-state index is 5.91. The van der Waals surface area contributed by atoms with Crippen LogP contribution in [0.25, 0.3) is 10.6 Å². The fraction of sp³-hybridized carbons (Fsp3) is 0.0476. The van der Waals surface area contributed by atoms with Crippen molar-refractivity contribution in [2.24, 2.45) is 5.10 Å². The third-order valence-electron chi connectivity index (χ3n) is 3.83. The number of aromatic nitrogens is 1. The Labute approximate surface area is 176 Å². The number of ether oxygens (including phenoxy) is 1. The third-order valence-corrected chi connectivity index (χ3v) is 5.72. The summed E-state index contributed by atoms with van der Waals surface area (Å²) >= 11 is 9.11. The lowest BCUT2D eigenvalue weighted by Crippen LogP contribution is -1.96. The van der Waals surface area contributed by atoms with E-state index in [1.807, 2.05) is 65.4 Å². The van der Waals surface area contributed by atoms with Gasteiger partial charge in [0.25, 0.3) is 0 Å². The largest absolute Gasteiger partial charge is 0.489 e. The van der Waals surface area contributed by atoms with Crippen molar-refractivity contribution < 1.29 is 4.74 Å². The van der Waals surface area contributed by atoms with Crippen LogP contribution in [0.15, 0.2) is 76.5 Å². The normalized spacial score (nSPS) is 11.0. The Morgan fingerprint density at radius 2 is 1.96 bits per heavy atom. The van der Waals surface area contributed by atoms with E-state index in [-0.39, 0.29) is 0 Å². The van der Waals surface area contributed by atoms with Gasteiger partial charge in [0.2, 0.25) is 5.13 Å². The molecule has 1 N–H and O–H groups in total. The van der Waals surface area contributed by atoms with Crippen LogP contribution in [0.2, 0.25) is 5.02 Å². The van der Waals surface area contributed by atoms with E-state index >= 15 is 0 Å². The number of hydrogen-bond acceptors (Lipinski definition) is 6. The van der Waals surface area contributed by atoms with Crippen molar-refractivity contribution in [2.45, 2.75) is 6.61 Å². The Hall–Kier alpha value is -2.67. The first-order valence-electron chi connectivity index (χ1n) is 8.52. The lowest BCUT2D eigenvalue weighted by molar-refractivity contribution is 0.306. The summed E-state index contributed by atoms with van der Waals surface area (Å²) in [5, 5.41) is 9.83. The summed E-state index contributed by atoms with van der Waals surface area (Å²) in [7, 11) is 0. The van der Waals surface area contributed by atoms with Gasteiger partial charge in [-0.3, -0.25) is 5.43 Å². The lowest BCUT2D eigenvalue weighted by atomic mass is 10.2. The molecule has 0 saturated heterocycles. The highest BCUT2D eigenvalue weighted by atomic mass is 35.5. The summed E-state index contributed by atoms with van der Waals surface area (Å²) in [6.45, 7) is 0.487. The minimum Gasteiger partial charge on any atom is -0.489 e. The van der Waals surface area contributed by atoms with Crippen LogP contribution in [0.1, 0.15) is 11.1 Å². The van der Waals surface area contributed by atoms with Crippen molar-refractivity contribution in [3.63, 3.8) is 0 Å². The molecular weight excluding hydrogens is 410 g/mol. The molecule has 2 aromatic carbocycles. The molecule has 0 amide bonds. The molecule has 0 aliphatic heterocycles. The average Bonchev–Trinajstić information content (AvgIpc) is 3.40. The number of thiazole rings is 1. The monoisotopic (exact) mass is 425 g/mol. The van der Waals surface area contributed by atoms with Crippen molar-refractivity contribution in [2.75, 3.05) is 5.43 Å². The Morgan fingerprint density at radius 1 is 1.07 bits per heavy atom. The second-order valence-corrected chi connectivity index (χ2v) is 8.12. The number of hydrogen-bond donors (Lipinski definition) is 1. The van der Waals surface area contributed by atoms with E-state index in [0.29, 0.717) is 6.61 Å². The standard InChI is InChI=1S/C21H16ClN3OS2/c22-17-8-6-15(7-9-17)13-26-18-4-1-3-16(11-18)12-23-25-21-24-19(14-28-21)20-5-2-10-27-20/h1-12,14H,13H2,(H,24,25)/b23-12-. The molecule has 0 aliphatic rings. The molecule has 0 unspecified atom stereocenters. The number of nitrogens with zero attached hydrogens (tertiary/aromatic N) is 2. The minimum atomic E-state index is 0.487. The molecule has 0 atom stereocenters. The highest BCUT2D eigenvalue weighted by Crippen LogP contribution is 2.28. The van der Waals surface area contributed by atoms with Crippen LogP contribution in [0.5, 0.6) is 5.75 Å². The molecule has 4 rings (SSSR count). The van der Waals surface area contributed by atoms with Gasteiger partial charge in [0.05, 0.1) is 16.8 Å². The van der Waals surface area contributed by atoms with E-state index in [2.05, 4.69) is 21.6 Å². The number of benzene rings is 2. The van der Waals surface area contributed by atoms with E-state index < -0.39 is 0 Å². The van der Waals surface area contributed by atoms with E-state index in [9.17, 15) is 0 Å². The molecule has 28 heavy (non-hydrogen) atoms. The molecule has 2 aromatic heterocycles. The molecule has 0 radical (unpaired) electrons. The highest BCUT2D eigenvalue weighted by molar-refractivity contribution is 7.15. The zero-order chi connectivity index (χ0) is 19.2. The number of rotatable bonds is 7. The predicted octanol–water partition coefficient (Wildman–Crippen LogP) is 6.55. The summed E-state index contributed by atoms with van der Waals surface area (Å²) in [6, 6.07) is 19.5. The molecule has 140 valence electrons. The molecule has 0 fully saturated rings. The van der Waals surface area contributed by atoms with Crippen molar-refractivity contribution in [3.05, 3.63) is 87.6 Å². The molecule has 4 nitrogen and oxygen atoms in total. The highest BCUT2D eigenvalue weighted by Gasteiger charge is 2.04. The molecule has 0 aliphatic carbocycles. The topological polar surface area (TPSA) is 46.5 Å². The summed E-state index contributed by atoms with van der Waals surface area (Å²) in [6.07, 6.45) is 1.75. The van der Waals surface area contributed by atoms with Gasteiger partial charge in [-0.2, -0.15) is 5.10 Å². The van der Waals surface area contributed by atoms with Gasteiger partial charge in [0.1, 0.15) is 12.4 Å². The van der Waals surface area contributed by atoms with Crippen LogP contribution >= 0.6 is 34.3 Å². The van der Waals surface area contributed by atoms with Gasteiger partial charge in [-0.1, -0.05) is 41.9 Å². The molecular formula is C21H16ClN3OS2. The Morgan fingerprint density at radius 3 is 2.79 bits per heavy atom. The Balaban J connectivity index is 1.34. The second-order valence-electron chi connectivity index (χ2n) is 5.87. The summed E-state index contributed by atoms with van der Waals surface area (Å²) in [4.78, 5) is 5.69. The van der Waals surface area contributed by atoms with Gasteiger partial charge in [-0.05, 0) is 46.8 Å². The van der Waals surface area contributed by atoms with Gasteiger partial charge >= 0.3 is 0 Å². The Kier molecular flexibility index (Phi) is 6.01. The van der Waals surface area contributed by atoms with E-state index in [0.717, 1.165) is 37.6 Å². The number of hydrazone groups is 1. The van der Waals surface area contributed by atoms with Crippen molar-refractivity contribution in [1.29, 1.82) is 0 Å². The van der Waals surface area contributed by atoms with Crippen LogP contribution in [0.3, 0.4) is 0 Å². The summed E-state index contributed by atoms with van der Waals surface area (Å²) in [5.74, 6) is 0.785. The maximum Gasteiger partial charge on any atom is 0.203 e. The van der Waals surface area contributed by atoms with Crippen LogP contribution in [-0.2, 0) is 6.61 Å². The van der Waals surface area contributed by atoms with Gasteiger partial charge in [-0.25, -0.2) is 4.98 Å². The van der Waals surface area contributed by atoms with Crippen molar-refractivity contribution in [1.82, 2.24) is 4.98 Å². The van der Waals surface area contributed by atoms with Crippen molar-refractivity contribution in [3.8, 4) is 16.3 Å². The summed E-state index contributed by atoms with van der Waals surface area (Å²) < 4.78 is 5.85. The third kappa shape index (κ3) is 4.98. The minimum absolute atomic E-state index is 0.487. The van der Waals surface area contributed by atoms with Gasteiger partial charge in [-0.15, -0.1) is 22.7 Å². The SMILES string of the molecule is Clc1ccc(COc2cccc(/C=N\Nc3nc(-c4cccs4)cs3)c2)cc1. The van der Waals surface area contributed by atoms with Crippen LogP contribution in [-0.4, -0.2) is 11.2 Å². The predicted molar refractivity (Wildman–Crippen MR) is 119 cm³/mol. The van der Waals surface area contributed by atoms with Crippen molar-refractivity contribution >= 4 is 45.6 Å². The average molecular weight is 426 g/mol. The maximum atomic E-state index is 5.91. The van der Waals surface area contributed by atoms with Gasteiger partial charge < -0.3 is 4.74 Å². The molecule has 7 heteroatoms. The molecule has 0 spiro atoms. The fourth-order valence-corrected chi connectivity index (χ4v) is 4.00. The zero-order valence-electron chi connectivity index (χ0n) is 14.7. The molecule has 0 saturated carbocycles. The number of anilines is 1. The smallest absolute Gasteiger partial charge is 0.203 e. The summed E-state index contributed by atoms with van der Waals surface area (Å²) in [5.41, 5.74) is 5.96. The van der Waals surface area contributed by atoms with Crippen LogP contribution < -0.4 is 10.2 Å². The van der Waals surface area contributed by atoms with Gasteiger partial charge in [0.15, 0.2) is 0 Å². The molecule has 0 bridgehead atoms. The second kappa shape index (κ2) is 9.01. The fourth-order valence-electron chi connectivity index (χ4n) is 2.46. The Bertz CT molecular complexity index is 1060. The molecule has 2 heterocycles. The number of thiophene rings is 1. The first-order chi connectivity index (χ1) is 13.8. The first-order valence-corrected chi connectivity index (χ1v) is 10.7. The first kappa shape index (κ1) is 18.7. The number of halogens is 1.